The summed E-state index contributed by atoms with van der Waals surface area (Å²) in [6, 6.07) is 0.225. The van der Waals surface area contributed by atoms with Crippen molar-refractivity contribution in [2.24, 2.45) is 7.05 Å². The van der Waals surface area contributed by atoms with E-state index in [1.807, 2.05) is 19.4 Å². The van der Waals surface area contributed by atoms with E-state index < -0.39 is 10.8 Å². The Morgan fingerprint density at radius 2 is 2.62 bits per heavy atom. The van der Waals surface area contributed by atoms with E-state index in [9.17, 15) is 4.21 Å². The summed E-state index contributed by atoms with van der Waals surface area (Å²) in [5.41, 5.74) is 1.13. The monoisotopic (exact) mass is 199 g/mol. The zero-order chi connectivity index (χ0) is 9.26. The highest BCUT2D eigenvalue weighted by Gasteiger charge is 2.20. The predicted molar refractivity (Wildman–Crippen MR) is 51.8 cm³/mol. The first-order valence-electron chi connectivity index (χ1n) is 4.32. The van der Waals surface area contributed by atoms with E-state index in [1.54, 1.807) is 4.68 Å². The van der Waals surface area contributed by atoms with Crippen LogP contribution in [0.5, 0.6) is 0 Å². The second-order valence-electron chi connectivity index (χ2n) is 3.26. The van der Waals surface area contributed by atoms with Gasteiger partial charge in [-0.15, -0.1) is 0 Å². The van der Waals surface area contributed by atoms with Crippen LogP contribution < -0.4 is 5.32 Å². The van der Waals surface area contributed by atoms with Crippen LogP contribution in [-0.4, -0.2) is 32.0 Å². The second-order valence-corrected chi connectivity index (χ2v) is 4.89. The van der Waals surface area contributed by atoms with Crippen molar-refractivity contribution in [2.75, 3.05) is 18.1 Å². The molecule has 5 heteroatoms. The van der Waals surface area contributed by atoms with Gasteiger partial charge in [-0.05, 0) is 0 Å². The zero-order valence-electron chi connectivity index (χ0n) is 7.56. The van der Waals surface area contributed by atoms with Gasteiger partial charge in [0.25, 0.3) is 0 Å². The van der Waals surface area contributed by atoms with Crippen molar-refractivity contribution in [1.29, 1.82) is 0 Å². The Hall–Kier alpha value is -0.680. The quantitative estimate of drug-likeness (QED) is 0.682. The maximum absolute atomic E-state index is 11.3. The molecule has 0 aromatic carbocycles. The van der Waals surface area contributed by atoms with Crippen molar-refractivity contribution in [3.05, 3.63) is 18.0 Å². The molecule has 0 spiro atoms. The molecule has 2 atom stereocenters. The fourth-order valence-electron chi connectivity index (χ4n) is 1.51. The summed E-state index contributed by atoms with van der Waals surface area (Å²) in [5.74, 6) is 1.49. The molecule has 0 aliphatic carbocycles. The molecule has 13 heavy (non-hydrogen) atoms. The van der Waals surface area contributed by atoms with Gasteiger partial charge in [-0.25, -0.2) is 0 Å². The van der Waals surface area contributed by atoms with Crippen molar-refractivity contribution < 1.29 is 4.21 Å². The summed E-state index contributed by atoms with van der Waals surface area (Å²) in [6.07, 6.45) is 3.81. The predicted octanol–water partition coefficient (Wildman–Crippen LogP) is -0.187. The molecule has 0 radical (unpaired) electrons. The Labute approximate surface area is 79.8 Å². The molecule has 1 aromatic heterocycles. The molecule has 1 aliphatic rings. The van der Waals surface area contributed by atoms with Crippen LogP contribution in [0.4, 0.5) is 0 Å². The Kier molecular flexibility index (Phi) is 2.46. The lowest BCUT2D eigenvalue weighted by atomic mass is 10.2. The molecule has 72 valence electrons. The lowest BCUT2D eigenvalue weighted by Crippen LogP contribution is -2.36. The first-order valence-corrected chi connectivity index (χ1v) is 5.81. The molecule has 2 rings (SSSR count). The van der Waals surface area contributed by atoms with Gasteiger partial charge in [-0.3, -0.25) is 8.89 Å². The molecule has 0 unspecified atom stereocenters. The van der Waals surface area contributed by atoms with E-state index >= 15 is 0 Å². The van der Waals surface area contributed by atoms with Crippen molar-refractivity contribution >= 4 is 10.8 Å². The van der Waals surface area contributed by atoms with E-state index in [0.29, 0.717) is 5.75 Å². The lowest BCUT2D eigenvalue weighted by molar-refractivity contribution is 0.571. The molecule has 1 aliphatic heterocycles. The van der Waals surface area contributed by atoms with Gasteiger partial charge in [0.2, 0.25) is 0 Å². The topological polar surface area (TPSA) is 46.9 Å². The van der Waals surface area contributed by atoms with Crippen molar-refractivity contribution in [2.45, 2.75) is 6.04 Å². The summed E-state index contributed by atoms with van der Waals surface area (Å²) in [6.45, 7) is 0.839. The van der Waals surface area contributed by atoms with Crippen LogP contribution in [0.1, 0.15) is 11.6 Å². The van der Waals surface area contributed by atoms with Gasteiger partial charge in [-0.1, -0.05) is 0 Å². The van der Waals surface area contributed by atoms with Crippen LogP contribution in [-0.2, 0) is 17.8 Å². The average Bonchev–Trinajstić information content (AvgIpc) is 2.52. The lowest BCUT2D eigenvalue weighted by Gasteiger charge is -2.21. The molecule has 1 saturated heterocycles. The highest BCUT2D eigenvalue weighted by Crippen LogP contribution is 2.15. The normalized spacial score (nSPS) is 29.0. The minimum atomic E-state index is -0.661. The van der Waals surface area contributed by atoms with Crippen molar-refractivity contribution in [1.82, 2.24) is 15.1 Å². The summed E-state index contributed by atoms with van der Waals surface area (Å²) in [4.78, 5) is 0. The molecule has 0 saturated carbocycles. The van der Waals surface area contributed by atoms with E-state index in [4.69, 9.17) is 0 Å². The minimum absolute atomic E-state index is 0.225. The van der Waals surface area contributed by atoms with Gasteiger partial charge in [0.1, 0.15) is 0 Å². The highest BCUT2D eigenvalue weighted by atomic mass is 32.2. The van der Waals surface area contributed by atoms with Crippen LogP contribution in [0.15, 0.2) is 12.4 Å². The van der Waals surface area contributed by atoms with Gasteiger partial charge in [-0.2, -0.15) is 5.10 Å². The Balaban J connectivity index is 2.12. The fraction of sp³-hybridized carbons (Fsp3) is 0.625. The molecule has 2 heterocycles. The maximum Gasteiger partial charge on any atom is 0.0537 e. The van der Waals surface area contributed by atoms with Crippen LogP contribution in [0.2, 0.25) is 0 Å². The molecule has 4 nitrogen and oxygen atoms in total. The summed E-state index contributed by atoms with van der Waals surface area (Å²) in [7, 11) is 1.23. The van der Waals surface area contributed by atoms with E-state index in [-0.39, 0.29) is 6.04 Å². The Morgan fingerprint density at radius 3 is 3.23 bits per heavy atom. The molecule has 1 N–H and O–H groups in total. The summed E-state index contributed by atoms with van der Waals surface area (Å²) < 4.78 is 13.1. The zero-order valence-corrected chi connectivity index (χ0v) is 8.38. The van der Waals surface area contributed by atoms with Crippen LogP contribution >= 0.6 is 0 Å². The number of nitrogens with zero attached hydrogens (tertiary/aromatic N) is 2. The molecule has 0 bridgehead atoms. The third kappa shape index (κ3) is 1.97. The minimum Gasteiger partial charge on any atom is -0.308 e. The SMILES string of the molecule is Cn1cc([C@@H]2C[S@](=O)CCN2)cn1. The number of rotatable bonds is 1. The molecule has 0 amide bonds. The number of aryl methyl sites for hydroxylation is 1. The average molecular weight is 199 g/mol. The van der Waals surface area contributed by atoms with Crippen molar-refractivity contribution in [3.8, 4) is 0 Å². The third-order valence-electron chi connectivity index (χ3n) is 2.20. The van der Waals surface area contributed by atoms with Gasteiger partial charge < -0.3 is 5.32 Å². The van der Waals surface area contributed by atoms with Crippen LogP contribution in [0.25, 0.3) is 0 Å². The number of hydrogen-bond donors (Lipinski definition) is 1. The van der Waals surface area contributed by atoms with Crippen LogP contribution in [0.3, 0.4) is 0 Å². The fourth-order valence-corrected chi connectivity index (χ4v) is 2.70. The number of aromatic nitrogens is 2. The van der Waals surface area contributed by atoms with E-state index in [2.05, 4.69) is 10.4 Å². The molecular formula is C8H13N3OS. The summed E-state index contributed by atoms with van der Waals surface area (Å²) in [5, 5.41) is 7.43. The van der Waals surface area contributed by atoms with Gasteiger partial charge >= 0.3 is 0 Å². The van der Waals surface area contributed by atoms with Gasteiger partial charge in [0.15, 0.2) is 0 Å². The second kappa shape index (κ2) is 3.59. The molecule has 1 aromatic rings. The molecular weight excluding hydrogens is 186 g/mol. The van der Waals surface area contributed by atoms with Gasteiger partial charge in [0.05, 0.1) is 6.20 Å². The number of hydrogen-bond acceptors (Lipinski definition) is 3. The third-order valence-corrected chi connectivity index (χ3v) is 3.56. The van der Waals surface area contributed by atoms with Crippen molar-refractivity contribution in [3.63, 3.8) is 0 Å². The Morgan fingerprint density at radius 1 is 1.77 bits per heavy atom. The first-order chi connectivity index (χ1) is 6.25. The smallest absolute Gasteiger partial charge is 0.0537 e. The first kappa shape index (κ1) is 8.90. The summed E-state index contributed by atoms with van der Waals surface area (Å²) >= 11 is 0. The number of nitrogens with one attached hydrogen (secondary N) is 1. The van der Waals surface area contributed by atoms with E-state index in [1.165, 1.54) is 0 Å². The Bertz CT molecular complexity index is 323. The van der Waals surface area contributed by atoms with E-state index in [0.717, 1.165) is 17.9 Å². The molecule has 1 fully saturated rings. The van der Waals surface area contributed by atoms with Gasteiger partial charge in [0, 0.05) is 53.7 Å². The maximum atomic E-state index is 11.3. The highest BCUT2D eigenvalue weighted by molar-refractivity contribution is 7.85. The van der Waals surface area contributed by atoms with Crippen LogP contribution in [0, 0.1) is 0 Å². The standard InChI is InChI=1S/C8H13N3OS/c1-11-5-7(4-10-11)8-6-13(12)3-2-9-8/h4-5,8-9H,2-3,6H2,1H3/t8-,13+/m0/s1. The largest absolute Gasteiger partial charge is 0.308 e.